The van der Waals surface area contributed by atoms with Gasteiger partial charge in [-0.15, -0.1) is 0 Å². The molecule has 1 aromatic carbocycles. The van der Waals surface area contributed by atoms with Gasteiger partial charge in [0.1, 0.15) is 11.6 Å². The fourth-order valence-electron chi connectivity index (χ4n) is 3.75. The number of amides is 1. The van der Waals surface area contributed by atoms with Crippen molar-refractivity contribution in [3.8, 4) is 11.6 Å². The Hall–Kier alpha value is -3.00. The molecule has 1 saturated heterocycles. The van der Waals surface area contributed by atoms with Crippen LogP contribution in [0.3, 0.4) is 0 Å². The number of pyridine rings is 1. The van der Waals surface area contributed by atoms with E-state index in [0.29, 0.717) is 67.3 Å². The number of unbranched alkanes of at least 4 members (excludes halogenated alkanes) is 1. The highest BCUT2D eigenvalue weighted by Crippen LogP contribution is 2.32. The molecule has 1 fully saturated rings. The third-order valence-corrected chi connectivity index (χ3v) is 5.34. The zero-order valence-electron chi connectivity index (χ0n) is 16.5. The lowest BCUT2D eigenvalue weighted by Crippen LogP contribution is -2.32. The monoisotopic (exact) mass is 414 g/mol. The van der Waals surface area contributed by atoms with E-state index in [1.54, 1.807) is 18.2 Å². The molecule has 0 spiro atoms. The van der Waals surface area contributed by atoms with Crippen molar-refractivity contribution in [2.24, 2.45) is 0 Å². The lowest BCUT2D eigenvalue weighted by atomic mass is 10.1. The molecule has 1 aliphatic carbocycles. The average Bonchev–Trinajstić information content (AvgIpc) is 3.30. The molecular weight excluding hydrogens is 391 g/mol. The Morgan fingerprint density at radius 2 is 2.07 bits per heavy atom. The van der Waals surface area contributed by atoms with Crippen LogP contribution in [0.5, 0.6) is 11.6 Å². The van der Waals surface area contributed by atoms with Gasteiger partial charge >= 0.3 is 0 Å². The van der Waals surface area contributed by atoms with Crippen molar-refractivity contribution in [3.63, 3.8) is 0 Å². The van der Waals surface area contributed by atoms with Gasteiger partial charge in [-0.3, -0.25) is 9.59 Å². The SMILES string of the molecule is O=C1CCc2c(F)cc(N3CC[C@@H](Oc4ccc(OCCCCO)nc4)C3=O)cc21. The number of aliphatic hydroxyl groups is 1. The number of benzene rings is 1. The van der Waals surface area contributed by atoms with Crippen LogP contribution in [0.25, 0.3) is 0 Å². The highest BCUT2D eigenvalue weighted by Gasteiger charge is 2.36. The van der Waals surface area contributed by atoms with E-state index in [-0.39, 0.29) is 18.3 Å². The summed E-state index contributed by atoms with van der Waals surface area (Å²) in [5.74, 6) is 0.0783. The molecule has 7 nitrogen and oxygen atoms in total. The van der Waals surface area contributed by atoms with E-state index in [1.165, 1.54) is 17.2 Å². The smallest absolute Gasteiger partial charge is 0.268 e. The van der Waals surface area contributed by atoms with Crippen LogP contribution in [0.4, 0.5) is 10.1 Å². The Balaban J connectivity index is 1.39. The van der Waals surface area contributed by atoms with Crippen molar-refractivity contribution in [2.45, 2.75) is 38.2 Å². The second-order valence-corrected chi connectivity index (χ2v) is 7.37. The minimum atomic E-state index is -0.699. The molecular formula is C22H23FN2O5. The van der Waals surface area contributed by atoms with Crippen LogP contribution in [0.15, 0.2) is 30.5 Å². The van der Waals surface area contributed by atoms with Crippen molar-refractivity contribution in [1.29, 1.82) is 0 Å². The number of hydrogen-bond donors (Lipinski definition) is 1. The third-order valence-electron chi connectivity index (χ3n) is 5.34. The predicted octanol–water partition coefficient (Wildman–Crippen LogP) is 2.69. The number of aromatic nitrogens is 1. The van der Waals surface area contributed by atoms with Gasteiger partial charge < -0.3 is 19.5 Å². The fourth-order valence-corrected chi connectivity index (χ4v) is 3.75. The second-order valence-electron chi connectivity index (χ2n) is 7.37. The van der Waals surface area contributed by atoms with E-state index >= 15 is 0 Å². The Bertz CT molecular complexity index is 947. The molecule has 1 N–H and O–H groups in total. The number of nitrogens with zero attached hydrogens (tertiary/aromatic N) is 2. The molecule has 8 heteroatoms. The first kappa shape index (κ1) is 20.3. The standard InChI is InChI=1S/C22H23FN2O5/c23-18-12-14(11-17-16(18)4-5-19(17)27)25-8-7-20(22(25)28)30-15-3-6-21(24-13-15)29-10-2-1-9-26/h3,6,11-13,20,26H,1-2,4-5,7-10H2/t20-/m1/s1. The van der Waals surface area contributed by atoms with E-state index in [0.717, 1.165) is 6.42 Å². The number of rotatable bonds is 8. The normalized spacial score (nSPS) is 18.1. The number of Topliss-reactive ketones (excluding diaryl/α,β-unsaturated/α-hetero) is 1. The summed E-state index contributed by atoms with van der Waals surface area (Å²) in [5, 5.41) is 8.76. The van der Waals surface area contributed by atoms with Crippen LogP contribution in [0.2, 0.25) is 0 Å². The zero-order valence-corrected chi connectivity index (χ0v) is 16.5. The van der Waals surface area contributed by atoms with E-state index in [9.17, 15) is 14.0 Å². The summed E-state index contributed by atoms with van der Waals surface area (Å²) < 4.78 is 25.6. The minimum absolute atomic E-state index is 0.0880. The van der Waals surface area contributed by atoms with Gasteiger partial charge in [0.15, 0.2) is 11.9 Å². The largest absolute Gasteiger partial charge is 0.479 e. The van der Waals surface area contributed by atoms with Gasteiger partial charge in [-0.2, -0.15) is 0 Å². The molecule has 1 atom stereocenters. The highest BCUT2D eigenvalue weighted by molar-refractivity contribution is 6.04. The molecule has 0 radical (unpaired) electrons. The summed E-state index contributed by atoms with van der Waals surface area (Å²) in [6.07, 6.45) is 3.37. The summed E-state index contributed by atoms with van der Waals surface area (Å²) in [6, 6.07) is 6.27. The van der Waals surface area contributed by atoms with Gasteiger partial charge in [-0.25, -0.2) is 9.37 Å². The van der Waals surface area contributed by atoms with Crippen LogP contribution in [-0.4, -0.2) is 47.6 Å². The molecule has 2 aromatic rings. The minimum Gasteiger partial charge on any atom is -0.479 e. The van der Waals surface area contributed by atoms with Crippen molar-refractivity contribution in [1.82, 2.24) is 4.98 Å². The molecule has 1 aromatic heterocycles. The molecule has 0 saturated carbocycles. The predicted molar refractivity (Wildman–Crippen MR) is 106 cm³/mol. The van der Waals surface area contributed by atoms with Gasteiger partial charge in [0.2, 0.25) is 5.88 Å². The number of hydrogen-bond acceptors (Lipinski definition) is 6. The van der Waals surface area contributed by atoms with Crippen LogP contribution in [0.1, 0.15) is 41.6 Å². The molecule has 4 rings (SSSR count). The summed E-state index contributed by atoms with van der Waals surface area (Å²) in [6.45, 7) is 0.976. The van der Waals surface area contributed by atoms with Gasteiger partial charge in [-0.1, -0.05) is 0 Å². The third kappa shape index (κ3) is 4.14. The number of carbonyl (C=O) groups excluding carboxylic acids is 2. The number of ether oxygens (including phenoxy) is 2. The lowest BCUT2D eigenvalue weighted by molar-refractivity contribution is -0.122. The number of fused-ring (bicyclic) bond motifs is 1. The van der Waals surface area contributed by atoms with Crippen molar-refractivity contribution in [2.75, 3.05) is 24.7 Å². The topological polar surface area (TPSA) is 89.0 Å². The Kier molecular flexibility index (Phi) is 5.94. The molecule has 30 heavy (non-hydrogen) atoms. The number of aliphatic hydroxyl groups excluding tert-OH is 1. The number of carbonyl (C=O) groups is 2. The van der Waals surface area contributed by atoms with Crippen molar-refractivity contribution in [3.05, 3.63) is 47.4 Å². The summed E-state index contributed by atoms with van der Waals surface area (Å²) >= 11 is 0. The van der Waals surface area contributed by atoms with E-state index < -0.39 is 11.9 Å². The van der Waals surface area contributed by atoms with Crippen LogP contribution in [0, 0.1) is 5.82 Å². The first-order chi connectivity index (χ1) is 14.6. The fraction of sp³-hybridized carbons (Fsp3) is 0.409. The van der Waals surface area contributed by atoms with Crippen molar-refractivity contribution < 1.29 is 28.6 Å². The summed E-state index contributed by atoms with van der Waals surface area (Å²) in [4.78, 5) is 30.4. The first-order valence-electron chi connectivity index (χ1n) is 10.1. The van der Waals surface area contributed by atoms with Gasteiger partial charge in [0, 0.05) is 43.3 Å². The van der Waals surface area contributed by atoms with E-state index in [1.807, 2.05) is 0 Å². The molecule has 0 bridgehead atoms. The van der Waals surface area contributed by atoms with Gasteiger partial charge in [0.25, 0.3) is 5.91 Å². The quantitative estimate of drug-likeness (QED) is 0.668. The lowest BCUT2D eigenvalue weighted by Gasteiger charge is -2.18. The molecule has 158 valence electrons. The maximum Gasteiger partial charge on any atom is 0.268 e. The van der Waals surface area contributed by atoms with E-state index in [4.69, 9.17) is 14.6 Å². The van der Waals surface area contributed by atoms with Crippen LogP contribution >= 0.6 is 0 Å². The summed E-state index contributed by atoms with van der Waals surface area (Å²) in [5.41, 5.74) is 1.20. The second kappa shape index (κ2) is 8.79. The Morgan fingerprint density at radius 3 is 2.83 bits per heavy atom. The molecule has 1 amide bonds. The summed E-state index contributed by atoms with van der Waals surface area (Å²) in [7, 11) is 0. The molecule has 0 unspecified atom stereocenters. The van der Waals surface area contributed by atoms with Gasteiger partial charge in [0.05, 0.1) is 12.8 Å². The molecule has 2 heterocycles. The Morgan fingerprint density at radius 1 is 1.20 bits per heavy atom. The Labute approximate surface area is 173 Å². The highest BCUT2D eigenvalue weighted by atomic mass is 19.1. The molecule has 1 aliphatic heterocycles. The zero-order chi connectivity index (χ0) is 21.1. The maximum atomic E-state index is 14.4. The molecule has 2 aliphatic rings. The van der Waals surface area contributed by atoms with Crippen LogP contribution < -0.4 is 14.4 Å². The number of ketones is 1. The first-order valence-corrected chi connectivity index (χ1v) is 10.1. The van der Waals surface area contributed by atoms with E-state index in [2.05, 4.69) is 4.98 Å². The maximum absolute atomic E-state index is 14.4. The number of anilines is 1. The number of halogens is 1. The van der Waals surface area contributed by atoms with Crippen molar-refractivity contribution >= 4 is 17.4 Å². The average molecular weight is 414 g/mol. The van der Waals surface area contributed by atoms with Gasteiger partial charge in [-0.05, 0) is 43.0 Å². The van der Waals surface area contributed by atoms with Crippen LogP contribution in [-0.2, 0) is 11.2 Å².